The van der Waals surface area contributed by atoms with Crippen LogP contribution in [0.5, 0.6) is 5.75 Å². The number of carbonyl (C=O) groups excluding carboxylic acids is 1. The van der Waals surface area contributed by atoms with Crippen molar-refractivity contribution in [3.05, 3.63) is 36.0 Å². The van der Waals surface area contributed by atoms with Crippen LogP contribution in [0.2, 0.25) is 0 Å². The first-order valence-electron chi connectivity index (χ1n) is 11.0. The minimum atomic E-state index is -0.125. The van der Waals surface area contributed by atoms with Gasteiger partial charge in [-0.1, -0.05) is 39.0 Å². The first-order chi connectivity index (χ1) is 15.5. The van der Waals surface area contributed by atoms with Crippen LogP contribution >= 0.6 is 11.8 Å². The van der Waals surface area contributed by atoms with Crippen LogP contribution in [0.3, 0.4) is 0 Å². The van der Waals surface area contributed by atoms with Crippen LogP contribution in [0.4, 0.5) is 5.82 Å². The zero-order chi connectivity index (χ0) is 22.9. The standard InChI is InChI=1S/C23H32N6O2S/c1-5-6-13-31-18-9-7-17(8-10-18)22(30)24-11-12-29-21-19(15-26-29)20(25-14-16(2)3)27-23(28-21)32-4/h7-10,15-16H,5-6,11-14H2,1-4H3,(H,24,30)(H,25,27,28). The highest BCUT2D eigenvalue weighted by Crippen LogP contribution is 2.23. The summed E-state index contributed by atoms with van der Waals surface area (Å²) >= 11 is 1.49. The summed E-state index contributed by atoms with van der Waals surface area (Å²) in [5.74, 6) is 1.95. The van der Waals surface area contributed by atoms with E-state index in [-0.39, 0.29) is 5.91 Å². The molecule has 3 aromatic rings. The molecule has 0 unspecified atom stereocenters. The molecule has 0 aliphatic heterocycles. The number of nitrogens with zero attached hydrogens (tertiary/aromatic N) is 4. The van der Waals surface area contributed by atoms with Gasteiger partial charge in [0.05, 0.1) is 24.7 Å². The van der Waals surface area contributed by atoms with Gasteiger partial charge in [0.2, 0.25) is 0 Å². The lowest BCUT2D eigenvalue weighted by atomic mass is 10.2. The number of fused-ring (bicyclic) bond motifs is 1. The zero-order valence-corrected chi connectivity index (χ0v) is 20.0. The second kappa shape index (κ2) is 11.7. The lowest BCUT2D eigenvalue weighted by molar-refractivity contribution is 0.0952. The highest BCUT2D eigenvalue weighted by Gasteiger charge is 2.13. The summed E-state index contributed by atoms with van der Waals surface area (Å²) in [6.07, 6.45) is 5.84. The molecule has 2 N–H and O–H groups in total. The van der Waals surface area contributed by atoms with Crippen molar-refractivity contribution in [1.82, 2.24) is 25.1 Å². The number of hydrogen-bond acceptors (Lipinski definition) is 7. The number of carbonyl (C=O) groups is 1. The van der Waals surface area contributed by atoms with E-state index in [1.165, 1.54) is 11.8 Å². The monoisotopic (exact) mass is 456 g/mol. The topological polar surface area (TPSA) is 94.0 Å². The fraction of sp³-hybridized carbons (Fsp3) is 0.478. The second-order valence-electron chi connectivity index (χ2n) is 7.92. The largest absolute Gasteiger partial charge is 0.494 e. The van der Waals surface area contributed by atoms with Gasteiger partial charge in [0.15, 0.2) is 10.8 Å². The Labute approximate surface area is 193 Å². The Kier molecular flexibility index (Phi) is 8.72. The maximum absolute atomic E-state index is 12.5. The molecule has 3 rings (SSSR count). The van der Waals surface area contributed by atoms with E-state index in [1.54, 1.807) is 18.3 Å². The summed E-state index contributed by atoms with van der Waals surface area (Å²) in [6.45, 7) is 8.90. The molecule has 0 radical (unpaired) electrons. The van der Waals surface area contributed by atoms with Crippen molar-refractivity contribution >= 4 is 34.5 Å². The summed E-state index contributed by atoms with van der Waals surface area (Å²) in [5.41, 5.74) is 1.36. The van der Waals surface area contributed by atoms with E-state index >= 15 is 0 Å². The van der Waals surface area contributed by atoms with Crippen LogP contribution in [-0.2, 0) is 6.54 Å². The second-order valence-corrected chi connectivity index (χ2v) is 8.69. The average molecular weight is 457 g/mol. The number of nitrogens with one attached hydrogen (secondary N) is 2. The Balaban J connectivity index is 1.61. The highest BCUT2D eigenvalue weighted by atomic mass is 32.2. The molecule has 1 amide bonds. The highest BCUT2D eigenvalue weighted by molar-refractivity contribution is 7.98. The number of aromatic nitrogens is 4. The van der Waals surface area contributed by atoms with E-state index in [2.05, 4.69) is 46.5 Å². The van der Waals surface area contributed by atoms with Gasteiger partial charge >= 0.3 is 0 Å². The summed E-state index contributed by atoms with van der Waals surface area (Å²) in [6, 6.07) is 7.23. The Bertz CT molecular complexity index is 1020. The molecule has 2 aromatic heterocycles. The fourth-order valence-electron chi connectivity index (χ4n) is 3.04. The van der Waals surface area contributed by atoms with Gasteiger partial charge in [0.1, 0.15) is 11.6 Å². The lowest BCUT2D eigenvalue weighted by Crippen LogP contribution is -2.27. The predicted octanol–water partition coefficient (Wildman–Crippen LogP) is 4.23. The van der Waals surface area contributed by atoms with E-state index in [0.717, 1.165) is 42.0 Å². The van der Waals surface area contributed by atoms with Crippen molar-refractivity contribution < 1.29 is 9.53 Å². The lowest BCUT2D eigenvalue weighted by Gasteiger charge is -2.11. The molecule has 2 heterocycles. The number of hydrogen-bond donors (Lipinski definition) is 2. The number of rotatable bonds is 12. The maximum Gasteiger partial charge on any atom is 0.251 e. The van der Waals surface area contributed by atoms with Gasteiger partial charge in [-0.15, -0.1) is 0 Å². The molecule has 1 aromatic carbocycles. The van der Waals surface area contributed by atoms with Crippen molar-refractivity contribution in [2.24, 2.45) is 5.92 Å². The van der Waals surface area contributed by atoms with Crippen molar-refractivity contribution in [3.8, 4) is 5.75 Å². The van der Waals surface area contributed by atoms with Gasteiger partial charge < -0.3 is 15.4 Å². The summed E-state index contributed by atoms with van der Waals surface area (Å²) in [5, 5.41) is 12.4. The Morgan fingerprint density at radius 2 is 2.00 bits per heavy atom. The number of amides is 1. The molecule has 0 aliphatic rings. The minimum absolute atomic E-state index is 0.125. The normalized spacial score (nSPS) is 11.2. The molecule has 9 heteroatoms. The van der Waals surface area contributed by atoms with Crippen LogP contribution < -0.4 is 15.4 Å². The molecule has 0 bridgehead atoms. The Morgan fingerprint density at radius 1 is 1.22 bits per heavy atom. The smallest absolute Gasteiger partial charge is 0.251 e. The van der Waals surface area contributed by atoms with Gasteiger partial charge in [-0.25, -0.2) is 14.6 Å². The van der Waals surface area contributed by atoms with E-state index < -0.39 is 0 Å². The Hall–Kier alpha value is -2.81. The molecule has 0 aliphatic carbocycles. The molecule has 0 atom stereocenters. The third-order valence-corrected chi connectivity index (χ3v) is 5.38. The summed E-state index contributed by atoms with van der Waals surface area (Å²) < 4.78 is 7.46. The number of benzene rings is 1. The number of unbranched alkanes of at least 4 members (excludes halogenated alkanes) is 1. The molecule has 172 valence electrons. The van der Waals surface area contributed by atoms with E-state index in [4.69, 9.17) is 4.74 Å². The van der Waals surface area contributed by atoms with E-state index in [9.17, 15) is 4.79 Å². The summed E-state index contributed by atoms with van der Waals surface area (Å²) in [7, 11) is 0. The average Bonchev–Trinajstić information content (AvgIpc) is 3.20. The number of ether oxygens (including phenoxy) is 1. The van der Waals surface area contributed by atoms with Crippen LogP contribution in [0.1, 0.15) is 44.0 Å². The molecule has 32 heavy (non-hydrogen) atoms. The third kappa shape index (κ3) is 6.35. The minimum Gasteiger partial charge on any atom is -0.494 e. The van der Waals surface area contributed by atoms with Gasteiger partial charge in [-0.3, -0.25) is 4.79 Å². The van der Waals surface area contributed by atoms with Crippen molar-refractivity contribution in [2.45, 2.75) is 45.3 Å². The third-order valence-electron chi connectivity index (χ3n) is 4.83. The molecule has 0 saturated heterocycles. The first-order valence-corrected chi connectivity index (χ1v) is 12.3. The molecule has 0 saturated carbocycles. The Morgan fingerprint density at radius 3 is 2.69 bits per heavy atom. The zero-order valence-electron chi connectivity index (χ0n) is 19.2. The maximum atomic E-state index is 12.5. The number of thioether (sulfide) groups is 1. The molecule has 0 fully saturated rings. The quantitative estimate of drug-likeness (QED) is 0.239. The SMILES string of the molecule is CCCCOc1ccc(C(=O)NCCn2ncc3c(NCC(C)C)nc(SC)nc32)cc1. The van der Waals surface area contributed by atoms with Gasteiger partial charge in [0.25, 0.3) is 5.91 Å². The fourth-order valence-corrected chi connectivity index (χ4v) is 3.40. The molecular formula is C23H32N6O2S. The van der Waals surface area contributed by atoms with Gasteiger partial charge in [-0.2, -0.15) is 5.10 Å². The predicted molar refractivity (Wildman–Crippen MR) is 130 cm³/mol. The molecule has 0 spiro atoms. The summed E-state index contributed by atoms with van der Waals surface area (Å²) in [4.78, 5) is 21.7. The van der Waals surface area contributed by atoms with Crippen molar-refractivity contribution in [2.75, 3.05) is 31.3 Å². The van der Waals surface area contributed by atoms with E-state index in [1.807, 2.05) is 23.1 Å². The van der Waals surface area contributed by atoms with Crippen LogP contribution in [0.15, 0.2) is 35.6 Å². The first kappa shape index (κ1) is 23.8. The van der Waals surface area contributed by atoms with Gasteiger partial charge in [0, 0.05) is 18.7 Å². The van der Waals surface area contributed by atoms with Crippen molar-refractivity contribution in [1.29, 1.82) is 0 Å². The number of anilines is 1. The van der Waals surface area contributed by atoms with Crippen LogP contribution in [0.25, 0.3) is 11.0 Å². The van der Waals surface area contributed by atoms with Gasteiger partial charge in [-0.05, 0) is 42.9 Å². The molecule has 8 nitrogen and oxygen atoms in total. The van der Waals surface area contributed by atoms with E-state index in [0.29, 0.717) is 36.3 Å². The van der Waals surface area contributed by atoms with Crippen LogP contribution in [0, 0.1) is 5.92 Å². The van der Waals surface area contributed by atoms with Crippen LogP contribution in [-0.4, -0.2) is 51.6 Å². The van der Waals surface area contributed by atoms with Crippen molar-refractivity contribution in [3.63, 3.8) is 0 Å². The molecular weight excluding hydrogens is 424 g/mol.